The summed E-state index contributed by atoms with van der Waals surface area (Å²) in [5.41, 5.74) is 2.15. The highest BCUT2D eigenvalue weighted by molar-refractivity contribution is 6.35. The Hall–Kier alpha value is -3.15. The summed E-state index contributed by atoms with van der Waals surface area (Å²) >= 11 is 17.2. The van der Waals surface area contributed by atoms with Crippen LogP contribution in [0.25, 0.3) is 11.1 Å². The molecule has 0 aliphatic heterocycles. The molecule has 1 heterocycles. The Morgan fingerprint density at radius 3 is 2.29 bits per heavy atom. The Bertz CT molecular complexity index is 1300. The van der Waals surface area contributed by atoms with Crippen LogP contribution < -0.4 is 10.5 Å². The number of carbonyl (C=O) groups excluding carboxylic acids is 2. The number of primary amides is 1. The summed E-state index contributed by atoms with van der Waals surface area (Å²) in [7, 11) is 0. The van der Waals surface area contributed by atoms with E-state index < -0.39 is 56.8 Å². The summed E-state index contributed by atoms with van der Waals surface area (Å²) < 4.78 is 73.3. The van der Waals surface area contributed by atoms with Gasteiger partial charge in [-0.1, -0.05) is 41.4 Å². The standard InChI is InChI=1S/C20H9Cl3F5N3O3/c21-11-5-8(20(26,27)28)7-30-17(11)34-13-4-2-1-3-9(13)10-6-12(24)14(16(25)15(10)22)18(32)31(23)19(29)33/h1-7H,(H2,29,33). The van der Waals surface area contributed by atoms with Gasteiger partial charge in [0, 0.05) is 29.1 Å². The summed E-state index contributed by atoms with van der Waals surface area (Å²) in [5, 5.41) is -1.23. The van der Waals surface area contributed by atoms with Gasteiger partial charge in [-0.3, -0.25) is 4.79 Å². The molecule has 0 atom stereocenters. The van der Waals surface area contributed by atoms with E-state index in [-0.39, 0.29) is 21.3 Å². The number of rotatable bonds is 4. The molecule has 14 heteroatoms. The van der Waals surface area contributed by atoms with Crippen LogP contribution in [0.3, 0.4) is 0 Å². The molecule has 3 rings (SSSR count). The van der Waals surface area contributed by atoms with E-state index in [1.54, 1.807) is 0 Å². The minimum Gasteiger partial charge on any atom is -0.437 e. The maximum atomic E-state index is 14.9. The highest BCUT2D eigenvalue weighted by atomic mass is 35.5. The largest absolute Gasteiger partial charge is 0.437 e. The third kappa shape index (κ3) is 5.01. The molecule has 34 heavy (non-hydrogen) atoms. The van der Waals surface area contributed by atoms with Gasteiger partial charge in [-0.05, 0) is 18.2 Å². The van der Waals surface area contributed by atoms with Gasteiger partial charge in [-0.15, -0.1) is 0 Å². The third-order valence-electron chi connectivity index (χ3n) is 4.26. The number of alkyl halides is 3. The lowest BCUT2D eigenvalue weighted by Gasteiger charge is -2.16. The van der Waals surface area contributed by atoms with E-state index in [4.69, 9.17) is 45.4 Å². The molecule has 0 radical (unpaired) electrons. The second kappa shape index (κ2) is 9.61. The van der Waals surface area contributed by atoms with Crippen LogP contribution in [0.2, 0.25) is 10.0 Å². The summed E-state index contributed by atoms with van der Waals surface area (Å²) in [4.78, 5) is 26.7. The zero-order valence-electron chi connectivity index (χ0n) is 16.3. The van der Waals surface area contributed by atoms with Gasteiger partial charge in [0.25, 0.3) is 5.91 Å². The van der Waals surface area contributed by atoms with Crippen LogP contribution in [0.4, 0.5) is 26.7 Å². The van der Waals surface area contributed by atoms with Gasteiger partial charge < -0.3 is 10.5 Å². The first-order chi connectivity index (χ1) is 15.8. The predicted octanol–water partition coefficient (Wildman–Crippen LogP) is 6.82. The van der Waals surface area contributed by atoms with Crippen LogP contribution in [-0.2, 0) is 6.18 Å². The van der Waals surface area contributed by atoms with E-state index in [9.17, 15) is 31.5 Å². The van der Waals surface area contributed by atoms with Crippen molar-refractivity contribution in [3.05, 3.63) is 75.4 Å². The molecule has 3 amide bonds. The number of amides is 3. The molecule has 6 nitrogen and oxygen atoms in total. The fraction of sp³-hybridized carbons (Fsp3) is 0.0500. The molecule has 0 spiro atoms. The number of benzene rings is 2. The molecule has 0 aliphatic carbocycles. The molecule has 0 saturated carbocycles. The summed E-state index contributed by atoms with van der Waals surface area (Å²) in [5.74, 6) is -5.14. The van der Waals surface area contributed by atoms with Crippen LogP contribution in [0.15, 0.2) is 42.6 Å². The predicted molar refractivity (Wildman–Crippen MR) is 113 cm³/mol. The summed E-state index contributed by atoms with van der Waals surface area (Å²) in [6, 6.07) is 5.32. The normalized spacial score (nSPS) is 11.3. The fourth-order valence-corrected chi connectivity index (χ4v) is 3.26. The first kappa shape index (κ1) is 25.5. The van der Waals surface area contributed by atoms with Gasteiger partial charge in [-0.2, -0.15) is 17.6 Å². The van der Waals surface area contributed by atoms with E-state index in [1.807, 2.05) is 0 Å². The molecular weight excluding hydrogens is 532 g/mol. The van der Waals surface area contributed by atoms with Crippen molar-refractivity contribution >= 4 is 46.9 Å². The van der Waals surface area contributed by atoms with Crippen LogP contribution in [0, 0.1) is 11.6 Å². The van der Waals surface area contributed by atoms with Gasteiger partial charge in [0.15, 0.2) is 5.82 Å². The average molecular weight is 541 g/mol. The first-order valence-corrected chi connectivity index (χ1v) is 9.89. The lowest BCUT2D eigenvalue weighted by Crippen LogP contribution is -2.34. The van der Waals surface area contributed by atoms with E-state index in [0.29, 0.717) is 18.3 Å². The number of imide groups is 1. The molecule has 0 fully saturated rings. The zero-order valence-corrected chi connectivity index (χ0v) is 18.5. The molecule has 2 N–H and O–H groups in total. The first-order valence-electron chi connectivity index (χ1n) is 8.80. The van der Waals surface area contributed by atoms with Crippen molar-refractivity contribution in [1.82, 2.24) is 9.40 Å². The SMILES string of the molecule is NC(=O)N(Cl)C(=O)c1c(F)cc(-c2ccccc2Oc2ncc(C(F)(F)F)cc2Cl)c(Cl)c1F. The number of halogens is 8. The minimum atomic E-state index is -4.69. The van der Waals surface area contributed by atoms with Crippen LogP contribution >= 0.6 is 35.0 Å². The molecule has 0 aliphatic rings. The number of nitrogens with zero attached hydrogens (tertiary/aromatic N) is 2. The smallest absolute Gasteiger partial charge is 0.417 e. The number of para-hydroxylation sites is 1. The van der Waals surface area contributed by atoms with Crippen LogP contribution in [-0.4, -0.2) is 21.3 Å². The molecule has 0 bridgehead atoms. The van der Waals surface area contributed by atoms with E-state index in [2.05, 4.69) is 4.98 Å². The number of aromatic nitrogens is 1. The van der Waals surface area contributed by atoms with Crippen molar-refractivity contribution in [3.63, 3.8) is 0 Å². The third-order valence-corrected chi connectivity index (χ3v) is 5.22. The molecule has 1 aromatic heterocycles. The van der Waals surface area contributed by atoms with Crippen molar-refractivity contribution in [2.75, 3.05) is 0 Å². The Balaban J connectivity index is 2.07. The van der Waals surface area contributed by atoms with Crippen molar-refractivity contribution in [2.24, 2.45) is 5.73 Å². The molecule has 178 valence electrons. The van der Waals surface area contributed by atoms with Crippen molar-refractivity contribution in [3.8, 4) is 22.8 Å². The topological polar surface area (TPSA) is 85.5 Å². The van der Waals surface area contributed by atoms with Crippen molar-refractivity contribution in [1.29, 1.82) is 0 Å². The second-order valence-electron chi connectivity index (χ2n) is 6.44. The Labute approximate surface area is 202 Å². The number of pyridine rings is 1. The number of nitrogens with two attached hydrogens (primary N) is 1. The number of carbonyl (C=O) groups is 2. The van der Waals surface area contributed by atoms with E-state index in [1.165, 1.54) is 24.3 Å². The minimum absolute atomic E-state index is 0.0281. The number of ether oxygens (including phenoxy) is 1. The lowest BCUT2D eigenvalue weighted by molar-refractivity contribution is -0.137. The molecular formula is C20H9Cl3F5N3O3. The Morgan fingerprint density at radius 2 is 1.71 bits per heavy atom. The van der Waals surface area contributed by atoms with Crippen LogP contribution in [0.5, 0.6) is 11.6 Å². The average Bonchev–Trinajstić information content (AvgIpc) is 2.76. The van der Waals surface area contributed by atoms with E-state index >= 15 is 0 Å². The molecule has 0 unspecified atom stereocenters. The highest BCUT2D eigenvalue weighted by Gasteiger charge is 2.32. The van der Waals surface area contributed by atoms with Gasteiger partial charge in [0.05, 0.1) is 10.6 Å². The maximum absolute atomic E-state index is 14.9. The Kier molecular flexibility index (Phi) is 7.20. The number of urea groups is 1. The van der Waals surface area contributed by atoms with Gasteiger partial charge in [0.1, 0.15) is 22.2 Å². The second-order valence-corrected chi connectivity index (χ2v) is 7.56. The van der Waals surface area contributed by atoms with Crippen molar-refractivity contribution < 1.29 is 36.3 Å². The molecule has 0 saturated heterocycles. The van der Waals surface area contributed by atoms with Gasteiger partial charge >= 0.3 is 12.2 Å². The summed E-state index contributed by atoms with van der Waals surface area (Å²) in [6.45, 7) is 0. The van der Waals surface area contributed by atoms with E-state index in [0.717, 1.165) is 0 Å². The summed E-state index contributed by atoms with van der Waals surface area (Å²) in [6.07, 6.45) is -4.20. The van der Waals surface area contributed by atoms with Crippen molar-refractivity contribution in [2.45, 2.75) is 6.18 Å². The molecule has 3 aromatic rings. The van der Waals surface area contributed by atoms with Gasteiger partial charge in [-0.25, -0.2) is 18.6 Å². The fourth-order valence-electron chi connectivity index (χ4n) is 2.72. The quantitative estimate of drug-likeness (QED) is 0.224. The van der Waals surface area contributed by atoms with Crippen LogP contribution in [0.1, 0.15) is 15.9 Å². The molecule has 2 aromatic carbocycles. The highest BCUT2D eigenvalue weighted by Crippen LogP contribution is 2.41. The maximum Gasteiger partial charge on any atom is 0.417 e. The Morgan fingerprint density at radius 1 is 1.06 bits per heavy atom. The number of hydrogen-bond donors (Lipinski definition) is 1. The monoisotopic (exact) mass is 539 g/mol. The lowest BCUT2D eigenvalue weighted by atomic mass is 10.0. The van der Waals surface area contributed by atoms with Gasteiger partial charge in [0.2, 0.25) is 5.88 Å². The zero-order chi connectivity index (χ0) is 25.4. The number of hydrogen-bond acceptors (Lipinski definition) is 4.